The van der Waals surface area contributed by atoms with E-state index in [1.165, 1.54) is 18.4 Å². The summed E-state index contributed by atoms with van der Waals surface area (Å²) in [4.78, 5) is 9.05. The predicted octanol–water partition coefficient (Wildman–Crippen LogP) is 2.33. The zero-order valence-corrected chi connectivity index (χ0v) is 13.8. The van der Waals surface area contributed by atoms with Crippen LogP contribution in [-0.4, -0.2) is 35.8 Å². The van der Waals surface area contributed by atoms with Crippen LogP contribution >= 0.6 is 0 Å². The first kappa shape index (κ1) is 15.4. The van der Waals surface area contributed by atoms with E-state index in [2.05, 4.69) is 27.4 Å². The molecule has 0 saturated carbocycles. The molecule has 2 heterocycles. The van der Waals surface area contributed by atoms with E-state index >= 15 is 0 Å². The van der Waals surface area contributed by atoms with Crippen LogP contribution < -0.4 is 14.8 Å². The molecule has 24 heavy (non-hydrogen) atoms. The highest BCUT2D eigenvalue weighted by Gasteiger charge is 2.21. The van der Waals surface area contributed by atoms with Crippen molar-refractivity contribution in [3.63, 3.8) is 0 Å². The summed E-state index contributed by atoms with van der Waals surface area (Å²) in [7, 11) is 0. The van der Waals surface area contributed by atoms with Crippen LogP contribution in [0.4, 0.5) is 0 Å². The summed E-state index contributed by atoms with van der Waals surface area (Å²) < 4.78 is 11.6. The van der Waals surface area contributed by atoms with Crippen molar-refractivity contribution in [2.75, 3.05) is 19.7 Å². The van der Waals surface area contributed by atoms with Gasteiger partial charge in [-0.05, 0) is 37.3 Å². The molecule has 0 spiro atoms. The van der Waals surface area contributed by atoms with Gasteiger partial charge in [0.05, 0.1) is 17.6 Å². The first-order valence-corrected chi connectivity index (χ1v) is 8.81. The van der Waals surface area contributed by atoms with Gasteiger partial charge in [0.25, 0.3) is 0 Å². The molecule has 0 saturated heterocycles. The second-order valence-electron chi connectivity index (χ2n) is 6.41. The number of hydrogen-bond donors (Lipinski definition) is 1. The van der Waals surface area contributed by atoms with Crippen LogP contribution in [0, 0.1) is 0 Å². The van der Waals surface area contributed by atoms with Gasteiger partial charge in [-0.2, -0.15) is 0 Å². The molecule has 5 heteroatoms. The fourth-order valence-corrected chi connectivity index (χ4v) is 3.36. The summed E-state index contributed by atoms with van der Waals surface area (Å²) in [5.74, 6) is 1.66. The third-order valence-corrected chi connectivity index (χ3v) is 4.60. The van der Waals surface area contributed by atoms with E-state index in [0.717, 1.165) is 49.5 Å². The van der Waals surface area contributed by atoms with Crippen LogP contribution in [0.2, 0.25) is 0 Å². The van der Waals surface area contributed by atoms with Crippen LogP contribution in [-0.2, 0) is 19.3 Å². The molecule has 1 aromatic carbocycles. The second kappa shape index (κ2) is 7.18. The number of rotatable bonds is 6. The van der Waals surface area contributed by atoms with Crippen molar-refractivity contribution < 1.29 is 9.47 Å². The van der Waals surface area contributed by atoms with Crippen molar-refractivity contribution in [3.8, 4) is 11.6 Å². The number of nitrogens with one attached hydrogen (secondary N) is 1. The Bertz CT molecular complexity index is 680. The third kappa shape index (κ3) is 3.51. The molecular formula is C19H23N3O2. The lowest BCUT2D eigenvalue weighted by molar-refractivity contribution is 0.221. The largest absolute Gasteiger partial charge is 0.488 e. The molecule has 4 rings (SSSR count). The topological polar surface area (TPSA) is 56.3 Å². The number of hydrogen-bond acceptors (Lipinski definition) is 5. The molecule has 1 aliphatic carbocycles. The number of aromatic nitrogens is 2. The Balaban J connectivity index is 1.18. The van der Waals surface area contributed by atoms with Gasteiger partial charge in [-0.25, -0.2) is 4.98 Å². The lowest BCUT2D eigenvalue weighted by Crippen LogP contribution is -2.32. The zero-order chi connectivity index (χ0) is 16.2. The van der Waals surface area contributed by atoms with Crippen molar-refractivity contribution in [1.29, 1.82) is 0 Å². The van der Waals surface area contributed by atoms with Crippen LogP contribution in [0.25, 0.3) is 0 Å². The van der Waals surface area contributed by atoms with Crippen LogP contribution in [0.1, 0.15) is 29.8 Å². The smallest absolute Gasteiger partial charge is 0.232 e. The standard InChI is InChI=1S/C19H23N3O2/c1-4-8-18-14(5-1)11-15(24-18)12-20-9-10-23-19-13-21-16-6-2-3-7-17(16)22-19/h1,4-5,8,13,15,20H,2-3,6-7,9-12H2. The second-order valence-corrected chi connectivity index (χ2v) is 6.41. The molecule has 0 radical (unpaired) electrons. The number of benzene rings is 1. The van der Waals surface area contributed by atoms with Crippen LogP contribution in [0.5, 0.6) is 11.6 Å². The lowest BCUT2D eigenvalue weighted by Gasteiger charge is -2.15. The van der Waals surface area contributed by atoms with Gasteiger partial charge in [-0.1, -0.05) is 18.2 Å². The minimum atomic E-state index is 0.214. The molecule has 0 fully saturated rings. The maximum atomic E-state index is 5.91. The summed E-state index contributed by atoms with van der Waals surface area (Å²) >= 11 is 0. The van der Waals surface area contributed by atoms with Gasteiger partial charge >= 0.3 is 0 Å². The molecule has 1 aromatic heterocycles. The van der Waals surface area contributed by atoms with E-state index in [4.69, 9.17) is 9.47 Å². The minimum absolute atomic E-state index is 0.214. The maximum absolute atomic E-state index is 5.91. The van der Waals surface area contributed by atoms with Gasteiger partial charge < -0.3 is 14.8 Å². The molecular weight excluding hydrogens is 302 g/mol. The molecule has 2 aromatic rings. The molecule has 1 N–H and O–H groups in total. The summed E-state index contributed by atoms with van der Waals surface area (Å²) in [5, 5.41) is 3.40. The highest BCUT2D eigenvalue weighted by molar-refractivity contribution is 5.37. The average molecular weight is 325 g/mol. The molecule has 2 aliphatic rings. The van der Waals surface area contributed by atoms with E-state index in [-0.39, 0.29) is 6.10 Å². The van der Waals surface area contributed by atoms with E-state index in [9.17, 15) is 0 Å². The number of para-hydroxylation sites is 1. The van der Waals surface area contributed by atoms with E-state index in [0.29, 0.717) is 12.5 Å². The fraction of sp³-hybridized carbons (Fsp3) is 0.474. The number of aryl methyl sites for hydroxylation is 2. The number of ether oxygens (including phenoxy) is 2. The normalized spacial score (nSPS) is 18.6. The summed E-state index contributed by atoms with van der Waals surface area (Å²) in [5.41, 5.74) is 3.55. The van der Waals surface area contributed by atoms with Crippen molar-refractivity contribution in [2.24, 2.45) is 0 Å². The molecule has 0 amide bonds. The summed E-state index contributed by atoms with van der Waals surface area (Å²) in [6.45, 7) is 2.19. The van der Waals surface area contributed by atoms with E-state index < -0.39 is 0 Å². The Labute approximate surface area is 142 Å². The fourth-order valence-electron chi connectivity index (χ4n) is 3.36. The quantitative estimate of drug-likeness (QED) is 0.826. The van der Waals surface area contributed by atoms with E-state index in [1.807, 2.05) is 12.1 Å². The van der Waals surface area contributed by atoms with Gasteiger partial charge in [0.1, 0.15) is 18.5 Å². The summed E-state index contributed by atoms with van der Waals surface area (Å²) in [6, 6.07) is 8.24. The Morgan fingerprint density at radius 1 is 1.17 bits per heavy atom. The van der Waals surface area contributed by atoms with Gasteiger partial charge in [-0.15, -0.1) is 0 Å². The van der Waals surface area contributed by atoms with Crippen molar-refractivity contribution in [1.82, 2.24) is 15.3 Å². The maximum Gasteiger partial charge on any atom is 0.232 e. The van der Waals surface area contributed by atoms with Gasteiger partial charge in [0.15, 0.2) is 0 Å². The lowest BCUT2D eigenvalue weighted by atomic mass is 10.0. The first-order valence-electron chi connectivity index (χ1n) is 8.81. The molecule has 0 bridgehead atoms. The molecule has 1 unspecified atom stereocenters. The van der Waals surface area contributed by atoms with Gasteiger partial charge in [0, 0.05) is 19.5 Å². The average Bonchev–Trinajstić information content (AvgIpc) is 3.04. The highest BCUT2D eigenvalue weighted by Crippen LogP contribution is 2.27. The van der Waals surface area contributed by atoms with Crippen molar-refractivity contribution in [2.45, 2.75) is 38.2 Å². The Morgan fingerprint density at radius 2 is 2.04 bits per heavy atom. The SMILES string of the molecule is c1ccc2c(c1)CC(CNCCOc1cnc3c(n1)CCCC3)O2. The highest BCUT2D eigenvalue weighted by atomic mass is 16.5. The first-order chi connectivity index (χ1) is 11.9. The predicted molar refractivity (Wildman–Crippen MR) is 91.6 cm³/mol. The Morgan fingerprint density at radius 3 is 2.96 bits per heavy atom. The molecule has 1 aliphatic heterocycles. The minimum Gasteiger partial charge on any atom is -0.488 e. The van der Waals surface area contributed by atoms with Crippen molar-refractivity contribution >= 4 is 0 Å². The molecule has 1 atom stereocenters. The Kier molecular flexibility index (Phi) is 4.60. The molecule has 126 valence electrons. The van der Waals surface area contributed by atoms with Gasteiger partial charge in [-0.3, -0.25) is 4.98 Å². The van der Waals surface area contributed by atoms with Gasteiger partial charge in [0.2, 0.25) is 5.88 Å². The monoisotopic (exact) mass is 325 g/mol. The van der Waals surface area contributed by atoms with E-state index in [1.54, 1.807) is 6.20 Å². The summed E-state index contributed by atoms with van der Waals surface area (Å²) in [6.07, 6.45) is 7.44. The molecule has 5 nitrogen and oxygen atoms in total. The van der Waals surface area contributed by atoms with Crippen LogP contribution in [0.15, 0.2) is 30.5 Å². The Hall–Kier alpha value is -2.14. The van der Waals surface area contributed by atoms with Crippen LogP contribution in [0.3, 0.4) is 0 Å². The number of nitrogens with zero attached hydrogens (tertiary/aromatic N) is 2. The van der Waals surface area contributed by atoms with Crippen molar-refractivity contribution in [3.05, 3.63) is 47.4 Å². The third-order valence-electron chi connectivity index (χ3n) is 4.60. The zero-order valence-electron chi connectivity index (χ0n) is 13.8. The number of fused-ring (bicyclic) bond motifs is 2.